The number of thiocarbonyl (C=S) groups is 1. The van der Waals surface area contributed by atoms with Gasteiger partial charge in [0.05, 0.1) is 23.9 Å². The molecule has 1 aliphatic rings. The molecule has 0 aliphatic carbocycles. The Morgan fingerprint density at radius 3 is 2.56 bits per heavy atom. The lowest BCUT2D eigenvalue weighted by Crippen LogP contribution is -2.30. The van der Waals surface area contributed by atoms with Crippen molar-refractivity contribution in [3.63, 3.8) is 0 Å². The van der Waals surface area contributed by atoms with Crippen LogP contribution in [0.3, 0.4) is 0 Å². The van der Waals surface area contributed by atoms with Crippen molar-refractivity contribution in [2.24, 2.45) is 0 Å². The Labute approximate surface area is 196 Å². The molecule has 2 atom stereocenters. The summed E-state index contributed by atoms with van der Waals surface area (Å²) in [5.74, 6) is 0.617. The summed E-state index contributed by atoms with van der Waals surface area (Å²) in [4.78, 5) is 10.9. The first-order chi connectivity index (χ1) is 15.7. The molecule has 1 N–H and O–H groups in total. The van der Waals surface area contributed by atoms with Crippen molar-refractivity contribution >= 4 is 34.6 Å². The fraction of sp³-hybridized carbons (Fsp3) is 0.125. The van der Waals surface area contributed by atoms with Crippen molar-refractivity contribution in [1.82, 2.24) is 19.9 Å². The number of halogens is 1. The molecule has 1 saturated heterocycles. The van der Waals surface area contributed by atoms with Gasteiger partial charge in [0.25, 0.3) is 0 Å². The van der Waals surface area contributed by atoms with Crippen molar-refractivity contribution in [2.75, 3.05) is 12.0 Å². The minimum absolute atomic E-state index is 0.153. The smallest absolute Gasteiger partial charge is 0.174 e. The van der Waals surface area contributed by atoms with Crippen LogP contribution in [0.5, 0.6) is 5.75 Å². The standard InChI is InChI=1S/C24H20ClN5OS/c1-31-21-8-7-17(15-18(21)25)30-23(22(28-24(30)32)19-5-2-3-11-27-19)20-6-4-14-29(20)16-9-12-26-13-10-16/h2-15,22-23H,1H3,(H,28,32)/t22-,23+/m0/s1. The van der Waals surface area contributed by atoms with Gasteiger partial charge in [-0.3, -0.25) is 9.97 Å². The molecule has 4 aromatic rings. The molecule has 5 rings (SSSR count). The zero-order valence-corrected chi connectivity index (χ0v) is 18.8. The second kappa shape index (κ2) is 8.61. The van der Waals surface area contributed by atoms with E-state index in [1.165, 1.54) is 0 Å². The zero-order chi connectivity index (χ0) is 22.1. The lowest BCUT2D eigenvalue weighted by Gasteiger charge is -2.29. The first-order valence-electron chi connectivity index (χ1n) is 10.1. The number of hydrogen-bond acceptors (Lipinski definition) is 4. The first-order valence-corrected chi connectivity index (χ1v) is 10.9. The average Bonchev–Trinajstić information content (AvgIpc) is 3.44. The summed E-state index contributed by atoms with van der Waals surface area (Å²) >= 11 is 12.3. The van der Waals surface area contributed by atoms with Crippen LogP contribution in [0.25, 0.3) is 5.69 Å². The molecule has 1 fully saturated rings. The van der Waals surface area contributed by atoms with Gasteiger partial charge in [-0.1, -0.05) is 17.7 Å². The van der Waals surface area contributed by atoms with E-state index in [0.29, 0.717) is 15.9 Å². The molecule has 4 heterocycles. The average molecular weight is 462 g/mol. The Kier molecular flexibility index (Phi) is 5.51. The fourth-order valence-corrected chi connectivity index (χ4v) is 4.71. The molecule has 1 aliphatic heterocycles. The van der Waals surface area contributed by atoms with Crippen molar-refractivity contribution in [1.29, 1.82) is 0 Å². The van der Waals surface area contributed by atoms with Crippen LogP contribution in [0.1, 0.15) is 23.5 Å². The largest absolute Gasteiger partial charge is 0.495 e. The van der Waals surface area contributed by atoms with Crippen LogP contribution >= 0.6 is 23.8 Å². The number of rotatable bonds is 5. The zero-order valence-electron chi connectivity index (χ0n) is 17.2. The number of methoxy groups -OCH3 is 1. The van der Waals surface area contributed by atoms with Crippen LogP contribution in [0.15, 0.2) is 85.5 Å². The molecule has 6 nitrogen and oxygen atoms in total. The molecule has 1 aromatic carbocycles. The van der Waals surface area contributed by atoms with Crippen molar-refractivity contribution < 1.29 is 4.74 Å². The summed E-state index contributed by atoms with van der Waals surface area (Å²) in [5.41, 5.74) is 3.86. The van der Waals surface area contributed by atoms with E-state index >= 15 is 0 Å². The number of nitrogens with one attached hydrogen (secondary N) is 1. The van der Waals surface area contributed by atoms with Gasteiger partial charge < -0.3 is 19.5 Å². The van der Waals surface area contributed by atoms with E-state index in [1.54, 1.807) is 25.7 Å². The van der Waals surface area contributed by atoms with Crippen LogP contribution in [0.2, 0.25) is 5.02 Å². The molecule has 0 saturated carbocycles. The quantitative estimate of drug-likeness (QED) is 0.417. The predicted molar refractivity (Wildman–Crippen MR) is 129 cm³/mol. The maximum Gasteiger partial charge on any atom is 0.174 e. The number of aromatic nitrogens is 3. The SMILES string of the molecule is COc1ccc(N2C(=S)N[C@@H](c3ccccn3)[C@H]2c2cccn2-c2ccncc2)cc1Cl. The number of anilines is 1. The Morgan fingerprint density at radius 1 is 1.00 bits per heavy atom. The molecule has 160 valence electrons. The topological polar surface area (TPSA) is 55.2 Å². The summed E-state index contributed by atoms with van der Waals surface area (Å²) in [6, 6.07) is 19.4. The van der Waals surface area contributed by atoms with E-state index in [9.17, 15) is 0 Å². The highest BCUT2D eigenvalue weighted by Crippen LogP contribution is 2.43. The van der Waals surface area contributed by atoms with Gasteiger partial charge in [-0.15, -0.1) is 0 Å². The van der Waals surface area contributed by atoms with Gasteiger partial charge in [0.15, 0.2) is 5.11 Å². The number of hydrogen-bond donors (Lipinski definition) is 1. The van der Waals surface area contributed by atoms with Gasteiger partial charge in [0, 0.05) is 41.9 Å². The second-order valence-corrected chi connectivity index (χ2v) is 8.12. The minimum atomic E-state index is -0.162. The van der Waals surface area contributed by atoms with Gasteiger partial charge in [-0.05, 0) is 66.8 Å². The second-order valence-electron chi connectivity index (χ2n) is 7.32. The van der Waals surface area contributed by atoms with E-state index in [4.69, 9.17) is 28.6 Å². The summed E-state index contributed by atoms with van der Waals surface area (Å²) in [5, 5.41) is 4.61. The van der Waals surface area contributed by atoms with Crippen molar-refractivity contribution in [3.8, 4) is 11.4 Å². The monoisotopic (exact) mass is 461 g/mol. The molecule has 32 heavy (non-hydrogen) atoms. The van der Waals surface area contributed by atoms with Gasteiger partial charge in [-0.25, -0.2) is 0 Å². The fourth-order valence-electron chi connectivity index (χ4n) is 4.11. The maximum atomic E-state index is 6.47. The van der Waals surface area contributed by atoms with Crippen LogP contribution in [-0.2, 0) is 0 Å². The minimum Gasteiger partial charge on any atom is -0.495 e. The normalized spacial score (nSPS) is 17.9. The van der Waals surface area contributed by atoms with E-state index in [2.05, 4.69) is 30.8 Å². The van der Waals surface area contributed by atoms with Gasteiger partial charge in [0.1, 0.15) is 11.8 Å². The van der Waals surface area contributed by atoms with E-state index in [0.717, 1.165) is 22.8 Å². The third-order valence-electron chi connectivity index (χ3n) is 5.54. The third-order valence-corrected chi connectivity index (χ3v) is 6.15. The number of ether oxygens (including phenoxy) is 1. The molecule has 0 unspecified atom stereocenters. The number of pyridine rings is 2. The molecular weight excluding hydrogens is 442 g/mol. The van der Waals surface area contributed by atoms with E-state index < -0.39 is 0 Å². The van der Waals surface area contributed by atoms with Crippen LogP contribution in [0.4, 0.5) is 5.69 Å². The summed E-state index contributed by atoms with van der Waals surface area (Å²) in [6.07, 6.45) is 7.41. The number of nitrogens with zero attached hydrogens (tertiary/aromatic N) is 4. The molecular formula is C24H20ClN5OS. The highest BCUT2D eigenvalue weighted by atomic mass is 35.5. The van der Waals surface area contributed by atoms with Crippen molar-refractivity contribution in [3.05, 3.63) is 102 Å². The highest BCUT2D eigenvalue weighted by Gasteiger charge is 2.42. The lowest BCUT2D eigenvalue weighted by atomic mass is 10.0. The van der Waals surface area contributed by atoms with Gasteiger partial charge in [0.2, 0.25) is 0 Å². The molecule has 0 bridgehead atoms. The Balaban J connectivity index is 1.66. The molecule has 3 aromatic heterocycles. The highest BCUT2D eigenvalue weighted by molar-refractivity contribution is 7.80. The molecule has 0 amide bonds. The van der Waals surface area contributed by atoms with E-state index in [-0.39, 0.29) is 12.1 Å². The molecule has 8 heteroatoms. The van der Waals surface area contributed by atoms with Crippen molar-refractivity contribution in [2.45, 2.75) is 12.1 Å². The molecule has 0 radical (unpaired) electrons. The lowest BCUT2D eigenvalue weighted by molar-refractivity contribution is 0.415. The number of benzene rings is 1. The summed E-state index contributed by atoms with van der Waals surface area (Å²) in [7, 11) is 1.60. The van der Waals surface area contributed by atoms with Gasteiger partial charge in [-0.2, -0.15) is 0 Å². The Bertz CT molecular complexity index is 1250. The van der Waals surface area contributed by atoms with Crippen LogP contribution in [-0.4, -0.2) is 26.8 Å². The Morgan fingerprint density at radius 2 is 1.84 bits per heavy atom. The van der Waals surface area contributed by atoms with Crippen LogP contribution in [0, 0.1) is 0 Å². The van der Waals surface area contributed by atoms with Gasteiger partial charge >= 0.3 is 0 Å². The third kappa shape index (κ3) is 3.59. The predicted octanol–water partition coefficient (Wildman–Crippen LogP) is 5.11. The van der Waals surface area contributed by atoms with E-state index in [1.807, 2.05) is 60.8 Å². The molecule has 0 spiro atoms. The Hall–Kier alpha value is -3.42. The summed E-state index contributed by atoms with van der Waals surface area (Å²) < 4.78 is 7.49. The first kappa shape index (κ1) is 20.5. The summed E-state index contributed by atoms with van der Waals surface area (Å²) in [6.45, 7) is 0. The maximum absolute atomic E-state index is 6.47. The van der Waals surface area contributed by atoms with Crippen LogP contribution < -0.4 is 15.0 Å².